The second-order valence-electron chi connectivity index (χ2n) is 14.8. The van der Waals surface area contributed by atoms with Crippen LogP contribution in [-0.2, 0) is 24.6 Å². The number of benzene rings is 3. The Hall–Kier alpha value is -3.90. The zero-order valence-corrected chi connectivity index (χ0v) is 31.8. The number of aliphatic carboxylic acids is 1. The summed E-state index contributed by atoms with van der Waals surface area (Å²) in [5, 5.41) is 14.8. The van der Waals surface area contributed by atoms with Crippen molar-refractivity contribution in [2.45, 2.75) is 50.8 Å². The van der Waals surface area contributed by atoms with Gasteiger partial charge in [0.2, 0.25) is 0 Å². The Morgan fingerprint density at radius 3 is 2.15 bits per heavy atom. The van der Waals surface area contributed by atoms with Gasteiger partial charge in [0.15, 0.2) is 5.60 Å². The molecule has 1 atom stereocenters. The standard InChI is InChI=1S/C40H48ClN3O7Si/c1-52(2)35-23-29(43-16-7-17-43)9-12-32(35)40(33-13-10-30(24-36(33)52)44-25-28(26-44)38(46)47)34-22-27(8-11-31(34)39(48)51-40)37(45)42-15-19-50-21-20-49-18-6-4-3-5-14-41/h8-13,22-24,28H,3-7,14-21,25-26H2,1-2H3,(H,42,45)(H,46,47). The van der Waals surface area contributed by atoms with Gasteiger partial charge in [0.1, 0.15) is 8.07 Å². The SMILES string of the molecule is C[Si]1(C)c2cc(N3CCC3)ccc2C2(OC(=O)c3ccc(C(=O)NCCOCCOCCCCCCCl)cc32)c2ccc(N3CC(C(=O)O)C3)cc21. The van der Waals surface area contributed by atoms with Crippen molar-refractivity contribution in [1.82, 2.24) is 5.32 Å². The zero-order valence-electron chi connectivity index (χ0n) is 30.0. The van der Waals surface area contributed by atoms with Gasteiger partial charge in [0.25, 0.3) is 5.91 Å². The van der Waals surface area contributed by atoms with Gasteiger partial charge in [-0.05, 0) is 72.1 Å². The molecule has 1 spiro atoms. The molecule has 7 rings (SSSR count). The highest BCUT2D eigenvalue weighted by Gasteiger charge is 2.56. The fourth-order valence-corrected chi connectivity index (χ4v) is 11.3. The summed E-state index contributed by atoms with van der Waals surface area (Å²) in [5.41, 5.74) is 4.30. The van der Waals surface area contributed by atoms with Crippen LogP contribution in [0, 0.1) is 5.92 Å². The van der Waals surface area contributed by atoms with Gasteiger partial charge in [-0.2, -0.15) is 0 Å². The van der Waals surface area contributed by atoms with Gasteiger partial charge >= 0.3 is 11.9 Å². The molecule has 0 aromatic heterocycles. The van der Waals surface area contributed by atoms with Gasteiger partial charge in [-0.15, -0.1) is 11.6 Å². The Labute approximate surface area is 311 Å². The highest BCUT2D eigenvalue weighted by Crippen LogP contribution is 2.50. The molecule has 0 saturated carbocycles. The average molecular weight is 746 g/mol. The number of carbonyl (C=O) groups excluding carboxylic acids is 2. The number of carbonyl (C=O) groups is 3. The van der Waals surface area contributed by atoms with Crippen molar-refractivity contribution < 1.29 is 33.7 Å². The summed E-state index contributed by atoms with van der Waals surface area (Å²) in [4.78, 5) is 43.3. The van der Waals surface area contributed by atoms with Crippen LogP contribution in [0.15, 0.2) is 54.6 Å². The number of nitrogens with zero attached hydrogens (tertiary/aromatic N) is 2. The summed E-state index contributed by atoms with van der Waals surface area (Å²) < 4.78 is 17.9. The average Bonchev–Trinajstić information content (AvgIpc) is 3.38. The van der Waals surface area contributed by atoms with Gasteiger partial charge in [-0.1, -0.05) is 38.1 Å². The molecule has 2 N–H and O–H groups in total. The lowest BCUT2D eigenvalue weighted by Gasteiger charge is -2.46. The summed E-state index contributed by atoms with van der Waals surface area (Å²) >= 11 is 5.72. The van der Waals surface area contributed by atoms with E-state index in [1.165, 1.54) is 5.19 Å². The molecule has 4 aliphatic rings. The van der Waals surface area contributed by atoms with Gasteiger partial charge in [0.05, 0.1) is 31.3 Å². The Morgan fingerprint density at radius 2 is 1.52 bits per heavy atom. The van der Waals surface area contributed by atoms with Crippen LogP contribution >= 0.6 is 11.6 Å². The number of fused-ring (bicyclic) bond motifs is 6. The number of esters is 1. The number of hydrogen-bond donors (Lipinski definition) is 2. The number of alkyl halides is 1. The van der Waals surface area contributed by atoms with Crippen molar-refractivity contribution in [3.63, 3.8) is 0 Å². The maximum Gasteiger partial charge on any atom is 0.340 e. The Kier molecular flexibility index (Phi) is 10.7. The lowest BCUT2D eigenvalue weighted by atomic mass is 9.78. The summed E-state index contributed by atoms with van der Waals surface area (Å²) in [7, 11) is -2.39. The van der Waals surface area contributed by atoms with E-state index in [1.54, 1.807) is 12.1 Å². The van der Waals surface area contributed by atoms with Crippen LogP contribution in [0.25, 0.3) is 0 Å². The molecule has 1 unspecified atom stereocenters. The maximum atomic E-state index is 13.7. The quantitative estimate of drug-likeness (QED) is 0.0941. The number of hydrogen-bond acceptors (Lipinski definition) is 8. The number of carboxylic acids is 1. The number of carboxylic acid groups (broad SMARTS) is 1. The predicted molar refractivity (Wildman–Crippen MR) is 205 cm³/mol. The Balaban J connectivity index is 1.13. The topological polar surface area (TPSA) is 118 Å². The molecule has 3 aromatic carbocycles. The first-order valence-electron chi connectivity index (χ1n) is 18.6. The lowest BCUT2D eigenvalue weighted by Crippen LogP contribution is -2.63. The van der Waals surface area contributed by atoms with E-state index < -0.39 is 25.6 Å². The third-order valence-electron chi connectivity index (χ3n) is 11.1. The normalized spacial score (nSPS) is 19.7. The van der Waals surface area contributed by atoms with Crippen LogP contribution in [0.5, 0.6) is 0 Å². The molecule has 0 aliphatic carbocycles. The number of anilines is 2. The molecule has 1 amide bonds. The molecule has 276 valence electrons. The van der Waals surface area contributed by atoms with Gasteiger partial charge in [-0.25, -0.2) is 4.79 Å². The van der Waals surface area contributed by atoms with Crippen molar-refractivity contribution in [2.75, 3.05) is 74.8 Å². The minimum Gasteiger partial charge on any atom is -0.481 e. The van der Waals surface area contributed by atoms with Crippen LogP contribution < -0.4 is 25.5 Å². The highest BCUT2D eigenvalue weighted by atomic mass is 35.5. The molecule has 3 aromatic rings. The van der Waals surface area contributed by atoms with Crippen molar-refractivity contribution in [3.05, 3.63) is 82.4 Å². The van der Waals surface area contributed by atoms with Crippen molar-refractivity contribution in [1.29, 1.82) is 0 Å². The van der Waals surface area contributed by atoms with Crippen LogP contribution in [0.3, 0.4) is 0 Å². The van der Waals surface area contributed by atoms with Crippen LogP contribution in [-0.4, -0.2) is 96.1 Å². The summed E-state index contributed by atoms with van der Waals surface area (Å²) in [6, 6.07) is 18.0. The summed E-state index contributed by atoms with van der Waals surface area (Å²) in [6.07, 6.45) is 5.44. The first kappa shape index (κ1) is 36.5. The van der Waals surface area contributed by atoms with E-state index >= 15 is 0 Å². The van der Waals surface area contributed by atoms with E-state index in [4.69, 9.17) is 25.8 Å². The third-order valence-corrected chi connectivity index (χ3v) is 14.9. The molecule has 10 nitrogen and oxygen atoms in total. The molecule has 0 radical (unpaired) electrons. The van der Waals surface area contributed by atoms with Crippen molar-refractivity contribution >= 4 is 59.3 Å². The van der Waals surface area contributed by atoms with E-state index in [-0.39, 0.29) is 11.8 Å². The zero-order chi connectivity index (χ0) is 36.5. The second-order valence-corrected chi connectivity index (χ2v) is 19.5. The first-order chi connectivity index (χ1) is 25.1. The van der Waals surface area contributed by atoms with Crippen molar-refractivity contribution in [3.8, 4) is 0 Å². The highest BCUT2D eigenvalue weighted by molar-refractivity contribution is 7.01. The third kappa shape index (κ3) is 6.72. The number of ether oxygens (including phenoxy) is 3. The Morgan fingerprint density at radius 1 is 0.865 bits per heavy atom. The molecule has 4 aliphatic heterocycles. The number of halogens is 1. The molecule has 12 heteroatoms. The fourth-order valence-electron chi connectivity index (χ4n) is 7.93. The first-order valence-corrected chi connectivity index (χ1v) is 22.1. The van der Waals surface area contributed by atoms with Gasteiger partial charge in [-0.3, -0.25) is 9.59 Å². The summed E-state index contributed by atoms with van der Waals surface area (Å²) in [5.74, 6) is -1.13. The smallest absolute Gasteiger partial charge is 0.340 e. The maximum absolute atomic E-state index is 13.7. The van der Waals surface area contributed by atoms with Gasteiger partial charge in [0, 0.05) is 78.8 Å². The van der Waals surface area contributed by atoms with Crippen molar-refractivity contribution in [2.24, 2.45) is 5.92 Å². The molecular formula is C40H48ClN3O7Si. The molecule has 0 bridgehead atoms. The number of unbranched alkanes of at least 4 members (excludes halogenated alkanes) is 3. The van der Waals surface area contributed by atoms with Crippen LogP contribution in [0.4, 0.5) is 11.4 Å². The largest absolute Gasteiger partial charge is 0.481 e. The summed E-state index contributed by atoms with van der Waals surface area (Å²) in [6.45, 7) is 9.96. The molecule has 2 fully saturated rings. The number of nitrogens with one attached hydrogen (secondary N) is 1. The van der Waals surface area contributed by atoms with E-state index in [0.29, 0.717) is 68.6 Å². The minimum absolute atomic E-state index is 0.255. The molecular weight excluding hydrogens is 698 g/mol. The predicted octanol–water partition coefficient (Wildman–Crippen LogP) is 4.58. The van der Waals surface area contributed by atoms with Gasteiger partial charge < -0.3 is 34.4 Å². The van der Waals surface area contributed by atoms with Crippen LogP contribution in [0.2, 0.25) is 13.1 Å². The van der Waals surface area contributed by atoms with E-state index in [1.807, 2.05) is 12.1 Å². The number of amides is 1. The lowest BCUT2D eigenvalue weighted by molar-refractivity contribution is -0.142. The number of rotatable bonds is 16. The fraction of sp³-hybridized carbons (Fsp3) is 0.475. The molecule has 4 heterocycles. The minimum atomic E-state index is -2.39. The van der Waals surface area contributed by atoms with E-state index in [9.17, 15) is 19.5 Å². The monoisotopic (exact) mass is 745 g/mol. The molecule has 52 heavy (non-hydrogen) atoms. The van der Waals surface area contributed by atoms with E-state index in [2.05, 4.69) is 58.5 Å². The Bertz CT molecular complexity index is 1840. The second kappa shape index (κ2) is 15.2. The van der Waals surface area contributed by atoms with E-state index in [0.717, 1.165) is 72.9 Å². The molecule has 2 saturated heterocycles. The van der Waals surface area contributed by atoms with Crippen LogP contribution in [0.1, 0.15) is 69.5 Å².